The van der Waals surface area contributed by atoms with Gasteiger partial charge in [-0.25, -0.2) is 0 Å². The molecule has 0 saturated heterocycles. The first-order valence-corrected chi connectivity index (χ1v) is 9.01. The Bertz CT molecular complexity index is 290. The zero-order valence-electron chi connectivity index (χ0n) is 10.1. The van der Waals surface area contributed by atoms with Crippen LogP contribution in [-0.4, -0.2) is 19.8 Å². The van der Waals surface area contributed by atoms with E-state index in [4.69, 9.17) is 5.11 Å². The van der Waals surface area contributed by atoms with Gasteiger partial charge in [0, 0.05) is 6.61 Å². The Morgan fingerprint density at radius 2 is 1.73 bits per heavy atom. The topological polar surface area (TPSA) is 20.2 Å². The Labute approximate surface area is 94.2 Å². The van der Waals surface area contributed by atoms with Crippen molar-refractivity contribution in [3.05, 3.63) is 29.8 Å². The lowest BCUT2D eigenvalue weighted by Gasteiger charge is -2.22. The van der Waals surface area contributed by atoms with Crippen LogP contribution in [0.15, 0.2) is 24.3 Å². The highest BCUT2D eigenvalue weighted by Crippen LogP contribution is 2.12. The van der Waals surface area contributed by atoms with Crippen molar-refractivity contribution >= 4 is 13.3 Å². The summed E-state index contributed by atoms with van der Waals surface area (Å²) in [4.78, 5) is 0. The summed E-state index contributed by atoms with van der Waals surface area (Å²) in [6.45, 7) is 7.36. The minimum Gasteiger partial charge on any atom is -0.396 e. The standard InChI is InChI=1S/C13H22OSi/c1-4-11-15(2,3)13-7-5-12(6-8-13)9-10-14/h5-8,14H,4,9-11H2,1-3H3. The number of benzene rings is 1. The van der Waals surface area contributed by atoms with Gasteiger partial charge in [-0.1, -0.05) is 61.9 Å². The third-order valence-electron chi connectivity index (χ3n) is 3.01. The van der Waals surface area contributed by atoms with Crippen LogP contribution < -0.4 is 5.19 Å². The lowest BCUT2D eigenvalue weighted by Crippen LogP contribution is -2.40. The van der Waals surface area contributed by atoms with Crippen molar-refractivity contribution < 1.29 is 5.11 Å². The maximum atomic E-state index is 8.84. The van der Waals surface area contributed by atoms with Crippen molar-refractivity contribution in [2.75, 3.05) is 6.61 Å². The van der Waals surface area contributed by atoms with Crippen LogP contribution in [0.1, 0.15) is 18.9 Å². The summed E-state index contributed by atoms with van der Waals surface area (Å²) in [6, 6.07) is 10.2. The Morgan fingerprint density at radius 3 is 2.20 bits per heavy atom. The highest BCUT2D eigenvalue weighted by atomic mass is 28.3. The summed E-state index contributed by atoms with van der Waals surface area (Å²) in [5.74, 6) is 0. The summed E-state index contributed by atoms with van der Waals surface area (Å²) < 4.78 is 0. The maximum absolute atomic E-state index is 8.84. The van der Waals surface area contributed by atoms with Gasteiger partial charge in [-0.15, -0.1) is 0 Å². The molecule has 0 heterocycles. The van der Waals surface area contributed by atoms with Gasteiger partial charge >= 0.3 is 0 Å². The Hall–Kier alpha value is -0.603. The molecule has 0 aliphatic heterocycles. The van der Waals surface area contributed by atoms with Crippen molar-refractivity contribution in [3.63, 3.8) is 0 Å². The van der Waals surface area contributed by atoms with Crippen LogP contribution in [0.4, 0.5) is 0 Å². The molecule has 0 fully saturated rings. The van der Waals surface area contributed by atoms with E-state index >= 15 is 0 Å². The minimum absolute atomic E-state index is 0.245. The molecule has 15 heavy (non-hydrogen) atoms. The fraction of sp³-hybridized carbons (Fsp3) is 0.538. The zero-order chi connectivity index (χ0) is 11.3. The number of hydrogen-bond donors (Lipinski definition) is 1. The smallest absolute Gasteiger partial charge is 0.0806 e. The van der Waals surface area contributed by atoms with Gasteiger partial charge < -0.3 is 5.11 Å². The summed E-state index contributed by atoms with van der Waals surface area (Å²) in [7, 11) is -1.19. The number of aliphatic hydroxyl groups is 1. The predicted molar refractivity (Wildman–Crippen MR) is 69.4 cm³/mol. The van der Waals surface area contributed by atoms with Gasteiger partial charge in [0.1, 0.15) is 0 Å². The van der Waals surface area contributed by atoms with Crippen LogP contribution in [0.25, 0.3) is 0 Å². The minimum atomic E-state index is -1.19. The summed E-state index contributed by atoms with van der Waals surface area (Å²) >= 11 is 0. The van der Waals surface area contributed by atoms with Crippen LogP contribution in [0, 0.1) is 0 Å². The molecule has 0 radical (unpaired) electrons. The second-order valence-electron chi connectivity index (χ2n) is 4.80. The molecule has 0 aliphatic carbocycles. The first kappa shape index (κ1) is 12.5. The second kappa shape index (κ2) is 5.47. The first-order chi connectivity index (χ1) is 7.10. The lowest BCUT2D eigenvalue weighted by molar-refractivity contribution is 0.299. The van der Waals surface area contributed by atoms with Crippen LogP contribution in [0.2, 0.25) is 19.1 Å². The van der Waals surface area contributed by atoms with Crippen molar-refractivity contribution in [2.24, 2.45) is 0 Å². The van der Waals surface area contributed by atoms with Crippen molar-refractivity contribution in [1.29, 1.82) is 0 Å². The highest BCUT2D eigenvalue weighted by Gasteiger charge is 2.21. The van der Waals surface area contributed by atoms with E-state index in [1.807, 2.05) is 0 Å². The molecular formula is C13H22OSi. The van der Waals surface area contributed by atoms with Gasteiger partial charge in [-0.3, -0.25) is 0 Å². The maximum Gasteiger partial charge on any atom is 0.0806 e. The predicted octanol–water partition coefficient (Wildman–Crippen LogP) is 2.55. The summed E-state index contributed by atoms with van der Waals surface area (Å²) in [6.07, 6.45) is 2.05. The van der Waals surface area contributed by atoms with E-state index in [1.165, 1.54) is 23.2 Å². The SMILES string of the molecule is CCC[Si](C)(C)c1ccc(CCO)cc1. The molecule has 0 spiro atoms. The molecule has 84 valence electrons. The average Bonchev–Trinajstić information content (AvgIpc) is 2.19. The van der Waals surface area contributed by atoms with Crippen molar-refractivity contribution in [3.8, 4) is 0 Å². The molecule has 0 bridgehead atoms. The van der Waals surface area contributed by atoms with E-state index in [0.717, 1.165) is 6.42 Å². The largest absolute Gasteiger partial charge is 0.396 e. The number of rotatable bonds is 5. The van der Waals surface area contributed by atoms with E-state index in [-0.39, 0.29) is 6.61 Å². The van der Waals surface area contributed by atoms with Gasteiger partial charge in [-0.05, 0) is 12.0 Å². The van der Waals surface area contributed by atoms with Gasteiger partial charge in [0.05, 0.1) is 8.07 Å². The molecule has 1 rings (SSSR count). The normalized spacial score (nSPS) is 11.7. The van der Waals surface area contributed by atoms with Gasteiger partial charge in [0.2, 0.25) is 0 Å². The molecule has 0 atom stereocenters. The van der Waals surface area contributed by atoms with E-state index < -0.39 is 8.07 Å². The molecule has 1 aromatic rings. The van der Waals surface area contributed by atoms with E-state index in [2.05, 4.69) is 44.3 Å². The van der Waals surface area contributed by atoms with Gasteiger partial charge in [0.25, 0.3) is 0 Å². The van der Waals surface area contributed by atoms with Crippen molar-refractivity contribution in [1.82, 2.24) is 0 Å². The molecule has 0 aliphatic rings. The summed E-state index contributed by atoms with van der Waals surface area (Å²) in [5, 5.41) is 10.4. The Morgan fingerprint density at radius 1 is 1.13 bits per heavy atom. The molecule has 0 amide bonds. The first-order valence-electron chi connectivity index (χ1n) is 5.80. The molecule has 1 nitrogen and oxygen atoms in total. The zero-order valence-corrected chi connectivity index (χ0v) is 11.1. The second-order valence-corrected chi connectivity index (χ2v) is 9.65. The molecule has 0 saturated carbocycles. The van der Waals surface area contributed by atoms with Crippen molar-refractivity contribution in [2.45, 2.75) is 38.9 Å². The van der Waals surface area contributed by atoms with Gasteiger partial charge in [0.15, 0.2) is 0 Å². The molecule has 0 aromatic heterocycles. The fourth-order valence-electron chi connectivity index (χ4n) is 2.02. The molecule has 0 unspecified atom stereocenters. The summed E-state index contributed by atoms with van der Waals surface area (Å²) in [5.41, 5.74) is 1.24. The van der Waals surface area contributed by atoms with Crippen LogP contribution in [0.3, 0.4) is 0 Å². The number of aliphatic hydroxyl groups excluding tert-OH is 1. The molecule has 1 aromatic carbocycles. The van der Waals surface area contributed by atoms with E-state index in [0.29, 0.717) is 0 Å². The molecule has 2 heteroatoms. The van der Waals surface area contributed by atoms with E-state index in [9.17, 15) is 0 Å². The fourth-order valence-corrected chi connectivity index (χ4v) is 4.63. The van der Waals surface area contributed by atoms with Crippen LogP contribution in [-0.2, 0) is 6.42 Å². The third-order valence-corrected chi connectivity index (χ3v) is 6.66. The molecular weight excluding hydrogens is 200 g/mol. The quantitative estimate of drug-likeness (QED) is 0.759. The Kier molecular flexibility index (Phi) is 4.55. The lowest BCUT2D eigenvalue weighted by atomic mass is 10.2. The van der Waals surface area contributed by atoms with Crippen LogP contribution in [0.5, 0.6) is 0 Å². The molecule has 1 N–H and O–H groups in total. The van der Waals surface area contributed by atoms with Gasteiger partial charge in [-0.2, -0.15) is 0 Å². The third kappa shape index (κ3) is 3.47. The van der Waals surface area contributed by atoms with Crippen LogP contribution >= 0.6 is 0 Å². The Balaban J connectivity index is 2.78. The average molecular weight is 222 g/mol. The van der Waals surface area contributed by atoms with E-state index in [1.54, 1.807) is 0 Å². The monoisotopic (exact) mass is 222 g/mol. The highest BCUT2D eigenvalue weighted by molar-refractivity contribution is 6.89. The number of hydrogen-bond acceptors (Lipinski definition) is 1.